The van der Waals surface area contributed by atoms with Crippen LogP contribution >= 0.6 is 11.8 Å². The van der Waals surface area contributed by atoms with Crippen LogP contribution in [0.4, 0.5) is 22.0 Å². The van der Waals surface area contributed by atoms with Crippen LogP contribution in [-0.2, 0) is 13.0 Å². The van der Waals surface area contributed by atoms with E-state index in [2.05, 4.69) is 14.8 Å². The summed E-state index contributed by atoms with van der Waals surface area (Å²) in [5, 5.41) is 13.1. The molecule has 0 atom stereocenters. The minimum Gasteiger partial charge on any atom is -0.440 e. The maximum Gasteiger partial charge on any atom is 0.387 e. The average Bonchev–Trinajstić information content (AvgIpc) is 3.56. The number of alkyl halides is 4. The van der Waals surface area contributed by atoms with Gasteiger partial charge < -0.3 is 14.3 Å². The molecule has 0 aliphatic carbocycles. The summed E-state index contributed by atoms with van der Waals surface area (Å²) in [6, 6.07) is 17.8. The molecular formula is C30H24F5N3O3S. The number of halogens is 5. The highest BCUT2D eigenvalue weighted by Crippen LogP contribution is 2.42. The van der Waals surface area contributed by atoms with E-state index in [0.717, 1.165) is 28.2 Å². The molecule has 6 nitrogen and oxygen atoms in total. The highest BCUT2D eigenvalue weighted by molar-refractivity contribution is 7.98. The van der Waals surface area contributed by atoms with Crippen LogP contribution in [0, 0.1) is 12.7 Å². The highest BCUT2D eigenvalue weighted by Gasteiger charge is 2.35. The molecule has 0 aliphatic heterocycles. The Balaban J connectivity index is 1.73. The monoisotopic (exact) mass is 601 g/mol. The fourth-order valence-electron chi connectivity index (χ4n) is 4.56. The first-order chi connectivity index (χ1) is 20.0. The number of hydrogen-bond acceptors (Lipinski definition) is 6. The number of oxazole rings is 1. The maximum absolute atomic E-state index is 14.7. The number of hydrogen-bond donors (Lipinski definition) is 1. The number of benzene rings is 3. The Bertz CT molecular complexity index is 1750. The molecule has 0 saturated heterocycles. The Morgan fingerprint density at radius 2 is 1.74 bits per heavy atom. The molecule has 0 spiro atoms. The maximum atomic E-state index is 14.7. The fraction of sp³-hybridized carbons (Fsp3) is 0.200. The van der Waals surface area contributed by atoms with Gasteiger partial charge in [0.25, 0.3) is 0 Å². The van der Waals surface area contributed by atoms with E-state index in [0.29, 0.717) is 16.8 Å². The summed E-state index contributed by atoms with van der Waals surface area (Å²) in [4.78, 5) is 5.46. The number of aliphatic hydroxyl groups excluding tert-OH is 1. The van der Waals surface area contributed by atoms with Crippen LogP contribution in [0.2, 0.25) is 0 Å². The summed E-state index contributed by atoms with van der Waals surface area (Å²) in [6.45, 7) is -3.02. The molecule has 5 aromatic rings. The fourth-order valence-corrected chi connectivity index (χ4v) is 5.02. The number of rotatable bonds is 9. The van der Waals surface area contributed by atoms with E-state index < -0.39 is 36.4 Å². The van der Waals surface area contributed by atoms with E-state index in [1.54, 1.807) is 30.8 Å². The quantitative estimate of drug-likeness (QED) is 0.137. The van der Waals surface area contributed by atoms with E-state index >= 15 is 0 Å². The number of aliphatic hydroxyl groups is 1. The van der Waals surface area contributed by atoms with Crippen molar-refractivity contribution in [1.29, 1.82) is 0 Å². The van der Waals surface area contributed by atoms with Gasteiger partial charge in [-0.05, 0) is 59.8 Å². The summed E-state index contributed by atoms with van der Waals surface area (Å²) in [6.07, 6.45) is 1.95. The SMILES string of the molecule is CSc1cccc(-c2ccc(-c3cc(C(F)(F)CO)nn3C)c(-c3oc(C)nc3-c3ccc(OC(F)F)c(F)c3)c2)c1. The Labute approximate surface area is 241 Å². The van der Waals surface area contributed by atoms with Crippen LogP contribution < -0.4 is 4.74 Å². The summed E-state index contributed by atoms with van der Waals surface area (Å²) in [5.74, 6) is -4.79. The molecular weight excluding hydrogens is 577 g/mol. The largest absolute Gasteiger partial charge is 0.440 e. The van der Waals surface area contributed by atoms with Crippen molar-refractivity contribution in [2.75, 3.05) is 12.9 Å². The van der Waals surface area contributed by atoms with Gasteiger partial charge in [0.1, 0.15) is 18.0 Å². The Morgan fingerprint density at radius 3 is 2.43 bits per heavy atom. The van der Waals surface area contributed by atoms with Gasteiger partial charge in [0.2, 0.25) is 0 Å². The molecule has 218 valence electrons. The van der Waals surface area contributed by atoms with Gasteiger partial charge in [0.15, 0.2) is 23.2 Å². The lowest BCUT2D eigenvalue weighted by atomic mass is 9.94. The summed E-state index contributed by atoms with van der Waals surface area (Å²) in [5.41, 5.74) is 2.65. The molecule has 0 aliphatic rings. The molecule has 42 heavy (non-hydrogen) atoms. The van der Waals surface area contributed by atoms with Crippen molar-refractivity contribution in [3.8, 4) is 50.7 Å². The van der Waals surface area contributed by atoms with Crippen molar-refractivity contribution in [2.45, 2.75) is 24.4 Å². The number of thioether (sulfide) groups is 1. The second kappa shape index (κ2) is 11.6. The second-order valence-corrected chi connectivity index (χ2v) is 10.2. The van der Waals surface area contributed by atoms with Crippen molar-refractivity contribution in [3.05, 3.63) is 84.1 Å². The van der Waals surface area contributed by atoms with E-state index in [9.17, 15) is 27.1 Å². The topological polar surface area (TPSA) is 73.3 Å². The number of ether oxygens (including phenoxy) is 1. The molecule has 0 radical (unpaired) electrons. The zero-order chi connectivity index (χ0) is 30.2. The number of aryl methyl sites for hydroxylation is 2. The predicted octanol–water partition coefficient (Wildman–Crippen LogP) is 7.93. The Hall–Kier alpha value is -4.16. The minimum absolute atomic E-state index is 0.198. The standard InChI is InChI=1S/C30H24F5N3O3S/c1-16-36-27(19-8-10-25(23(31)13-19)41-29(32)33)28(40-16)22-12-18(17-5-4-6-20(11-17)42-3)7-9-21(22)24-14-26(37-38(24)2)30(34,35)15-39/h4-14,29,39H,15H2,1-3H3. The molecule has 2 aromatic heterocycles. The molecule has 12 heteroatoms. The van der Waals surface area contributed by atoms with Crippen molar-refractivity contribution in [3.63, 3.8) is 0 Å². The number of nitrogens with zero attached hydrogens (tertiary/aromatic N) is 3. The predicted molar refractivity (Wildman–Crippen MR) is 149 cm³/mol. The molecule has 0 unspecified atom stereocenters. The van der Waals surface area contributed by atoms with Gasteiger partial charge in [-0.15, -0.1) is 11.8 Å². The molecule has 5 rings (SSSR count). The van der Waals surface area contributed by atoms with Gasteiger partial charge in [-0.3, -0.25) is 4.68 Å². The smallest absolute Gasteiger partial charge is 0.387 e. The normalized spacial score (nSPS) is 11.9. The molecule has 0 bridgehead atoms. The van der Waals surface area contributed by atoms with Crippen LogP contribution in [0.5, 0.6) is 5.75 Å². The van der Waals surface area contributed by atoms with Gasteiger partial charge in [0, 0.05) is 35.6 Å². The third-order valence-corrected chi connectivity index (χ3v) is 7.28. The lowest BCUT2D eigenvalue weighted by Crippen LogP contribution is -2.19. The number of aromatic nitrogens is 3. The first kappa shape index (κ1) is 29.3. The van der Waals surface area contributed by atoms with Crippen LogP contribution in [0.1, 0.15) is 11.6 Å². The van der Waals surface area contributed by atoms with Crippen LogP contribution in [-0.4, -0.2) is 39.3 Å². The average molecular weight is 602 g/mol. The van der Waals surface area contributed by atoms with Gasteiger partial charge in [-0.25, -0.2) is 9.37 Å². The van der Waals surface area contributed by atoms with Crippen LogP contribution in [0.15, 0.2) is 76.0 Å². The first-order valence-electron chi connectivity index (χ1n) is 12.6. The minimum atomic E-state index is -3.57. The zero-order valence-electron chi connectivity index (χ0n) is 22.5. The highest BCUT2D eigenvalue weighted by atomic mass is 32.2. The van der Waals surface area contributed by atoms with Gasteiger partial charge in [0.05, 0.1) is 5.69 Å². The van der Waals surface area contributed by atoms with Crippen molar-refractivity contribution >= 4 is 11.8 Å². The van der Waals surface area contributed by atoms with Gasteiger partial charge in [-0.1, -0.05) is 24.3 Å². The molecule has 3 aromatic carbocycles. The van der Waals surface area contributed by atoms with Crippen molar-refractivity contribution in [1.82, 2.24) is 14.8 Å². The lowest BCUT2D eigenvalue weighted by Gasteiger charge is -2.13. The lowest BCUT2D eigenvalue weighted by molar-refractivity contribution is -0.0596. The summed E-state index contributed by atoms with van der Waals surface area (Å²) >= 11 is 1.57. The molecule has 0 saturated carbocycles. The van der Waals surface area contributed by atoms with Crippen LogP contribution in [0.25, 0.3) is 45.0 Å². The molecule has 1 N–H and O–H groups in total. The Kier molecular flexibility index (Phi) is 8.11. The molecule has 2 heterocycles. The zero-order valence-corrected chi connectivity index (χ0v) is 23.4. The van der Waals surface area contributed by atoms with E-state index in [-0.39, 0.29) is 22.9 Å². The third kappa shape index (κ3) is 5.77. The third-order valence-electron chi connectivity index (χ3n) is 6.55. The van der Waals surface area contributed by atoms with Crippen molar-refractivity contribution in [2.24, 2.45) is 7.05 Å². The van der Waals surface area contributed by atoms with Crippen LogP contribution in [0.3, 0.4) is 0 Å². The summed E-state index contributed by atoms with van der Waals surface area (Å²) in [7, 11) is 1.50. The first-order valence-corrected chi connectivity index (χ1v) is 13.8. The molecule has 0 amide bonds. The van der Waals surface area contributed by atoms with E-state index in [1.165, 1.54) is 23.9 Å². The molecule has 0 fully saturated rings. The Morgan fingerprint density at radius 1 is 1.00 bits per heavy atom. The van der Waals surface area contributed by atoms with Crippen molar-refractivity contribution < 1.29 is 36.2 Å². The van der Waals surface area contributed by atoms with E-state index in [1.807, 2.05) is 36.6 Å². The van der Waals surface area contributed by atoms with E-state index in [4.69, 9.17) is 4.42 Å². The van der Waals surface area contributed by atoms with Gasteiger partial charge >= 0.3 is 12.5 Å². The second-order valence-electron chi connectivity index (χ2n) is 9.33. The summed E-state index contributed by atoms with van der Waals surface area (Å²) < 4.78 is 80.3. The van der Waals surface area contributed by atoms with Gasteiger partial charge in [-0.2, -0.15) is 22.7 Å².